The van der Waals surface area contributed by atoms with Crippen molar-refractivity contribution in [2.24, 2.45) is 0 Å². The molecule has 0 spiro atoms. The Morgan fingerprint density at radius 3 is 2.44 bits per heavy atom. The van der Waals surface area contributed by atoms with Crippen LogP contribution in [0.4, 0.5) is 0 Å². The van der Waals surface area contributed by atoms with E-state index >= 15 is 0 Å². The Morgan fingerprint density at radius 1 is 1.19 bits per heavy atom. The smallest absolute Gasteiger partial charge is 0.0932 e. The van der Waals surface area contributed by atoms with Crippen molar-refractivity contribution in [2.45, 2.75) is 19.4 Å². The topological polar surface area (TPSA) is 20.2 Å². The molecule has 0 amide bonds. The number of aliphatic hydroxyl groups is 1. The highest BCUT2D eigenvalue weighted by molar-refractivity contribution is 7.16. The van der Waals surface area contributed by atoms with Crippen molar-refractivity contribution in [2.75, 3.05) is 0 Å². The molecule has 1 aromatic heterocycles. The first-order chi connectivity index (χ1) is 7.65. The zero-order chi connectivity index (χ0) is 11.5. The SMILES string of the molecule is Cc1ccc(CC(O)c2ccc(Cl)s2)cc1. The third kappa shape index (κ3) is 2.85. The maximum atomic E-state index is 10.0. The van der Waals surface area contributed by atoms with Crippen LogP contribution < -0.4 is 0 Å². The van der Waals surface area contributed by atoms with Gasteiger partial charge in [0.2, 0.25) is 0 Å². The Bertz CT molecular complexity index is 461. The minimum atomic E-state index is -0.458. The van der Waals surface area contributed by atoms with E-state index < -0.39 is 6.10 Å². The van der Waals surface area contributed by atoms with Crippen molar-refractivity contribution in [1.82, 2.24) is 0 Å². The molecule has 2 aromatic rings. The first-order valence-corrected chi connectivity index (χ1v) is 6.33. The summed E-state index contributed by atoms with van der Waals surface area (Å²) in [6.07, 6.45) is 0.178. The fraction of sp³-hybridized carbons (Fsp3) is 0.231. The molecule has 3 heteroatoms. The van der Waals surface area contributed by atoms with Crippen molar-refractivity contribution in [1.29, 1.82) is 0 Å². The molecular formula is C13H13ClOS. The predicted molar refractivity (Wildman–Crippen MR) is 69.2 cm³/mol. The van der Waals surface area contributed by atoms with Crippen LogP contribution >= 0.6 is 22.9 Å². The summed E-state index contributed by atoms with van der Waals surface area (Å²) in [5, 5.41) is 10.0. The first-order valence-electron chi connectivity index (χ1n) is 5.14. The maximum Gasteiger partial charge on any atom is 0.0932 e. The minimum absolute atomic E-state index is 0.458. The number of hydrogen-bond donors (Lipinski definition) is 1. The summed E-state index contributed by atoms with van der Waals surface area (Å²) in [6.45, 7) is 2.05. The predicted octanol–water partition coefficient (Wildman–Crippen LogP) is 3.99. The summed E-state index contributed by atoms with van der Waals surface area (Å²) in [5.74, 6) is 0. The molecule has 84 valence electrons. The Balaban J connectivity index is 2.07. The van der Waals surface area contributed by atoms with E-state index in [0.29, 0.717) is 6.42 Å². The first kappa shape index (κ1) is 11.6. The summed E-state index contributed by atoms with van der Waals surface area (Å²) >= 11 is 7.27. The lowest BCUT2D eigenvalue weighted by Crippen LogP contribution is -1.99. The highest BCUT2D eigenvalue weighted by atomic mass is 35.5. The van der Waals surface area contributed by atoms with Gasteiger partial charge in [-0.2, -0.15) is 0 Å². The largest absolute Gasteiger partial charge is 0.387 e. The van der Waals surface area contributed by atoms with Gasteiger partial charge in [-0.15, -0.1) is 11.3 Å². The highest BCUT2D eigenvalue weighted by Crippen LogP contribution is 2.28. The lowest BCUT2D eigenvalue weighted by molar-refractivity contribution is 0.182. The van der Waals surface area contributed by atoms with Crippen molar-refractivity contribution in [3.05, 3.63) is 56.7 Å². The van der Waals surface area contributed by atoms with Crippen LogP contribution in [0.5, 0.6) is 0 Å². The second-order valence-corrected chi connectivity index (χ2v) is 5.59. The number of hydrogen-bond acceptors (Lipinski definition) is 2. The molecule has 0 aliphatic heterocycles. The van der Waals surface area contributed by atoms with Crippen molar-refractivity contribution in [3.8, 4) is 0 Å². The standard InChI is InChI=1S/C13H13ClOS/c1-9-2-4-10(5-3-9)8-11(15)12-6-7-13(14)16-12/h2-7,11,15H,8H2,1H3. The third-order valence-corrected chi connectivity index (χ3v) is 3.80. The average molecular weight is 253 g/mol. The summed E-state index contributed by atoms with van der Waals surface area (Å²) in [5.41, 5.74) is 2.38. The average Bonchev–Trinajstić information content (AvgIpc) is 2.68. The van der Waals surface area contributed by atoms with Crippen LogP contribution in [0.15, 0.2) is 36.4 Å². The van der Waals surface area contributed by atoms with Gasteiger partial charge in [-0.05, 0) is 24.6 Å². The van der Waals surface area contributed by atoms with Gasteiger partial charge < -0.3 is 5.11 Å². The van der Waals surface area contributed by atoms with Gasteiger partial charge in [0.15, 0.2) is 0 Å². The Kier molecular flexibility index (Phi) is 3.64. The van der Waals surface area contributed by atoms with Crippen LogP contribution in [0.3, 0.4) is 0 Å². The molecule has 0 bridgehead atoms. The lowest BCUT2D eigenvalue weighted by Gasteiger charge is -2.08. The van der Waals surface area contributed by atoms with Crippen molar-refractivity contribution in [3.63, 3.8) is 0 Å². The molecular weight excluding hydrogens is 240 g/mol. The molecule has 0 saturated carbocycles. The number of aliphatic hydroxyl groups excluding tert-OH is 1. The molecule has 1 N–H and O–H groups in total. The van der Waals surface area contributed by atoms with Crippen LogP contribution in [0, 0.1) is 6.92 Å². The molecule has 16 heavy (non-hydrogen) atoms. The molecule has 0 fully saturated rings. The summed E-state index contributed by atoms with van der Waals surface area (Å²) in [4.78, 5) is 0.922. The zero-order valence-corrected chi connectivity index (χ0v) is 10.6. The van der Waals surface area contributed by atoms with Gasteiger partial charge in [0.25, 0.3) is 0 Å². The number of rotatable bonds is 3. The van der Waals surface area contributed by atoms with Gasteiger partial charge in [-0.25, -0.2) is 0 Å². The normalized spacial score (nSPS) is 12.7. The molecule has 1 atom stereocenters. The third-order valence-electron chi connectivity index (χ3n) is 2.47. The summed E-state index contributed by atoms with van der Waals surface area (Å²) in [6, 6.07) is 11.9. The van der Waals surface area contributed by atoms with Crippen molar-refractivity contribution < 1.29 is 5.11 Å². The molecule has 0 aliphatic carbocycles. The maximum absolute atomic E-state index is 10.0. The molecule has 1 heterocycles. The molecule has 1 unspecified atom stereocenters. The van der Waals surface area contributed by atoms with Gasteiger partial charge in [0.05, 0.1) is 10.4 Å². The molecule has 1 aromatic carbocycles. The van der Waals surface area contributed by atoms with E-state index in [9.17, 15) is 5.11 Å². The fourth-order valence-corrected chi connectivity index (χ4v) is 2.60. The number of aryl methyl sites for hydroxylation is 1. The van der Waals surface area contributed by atoms with Crippen LogP contribution in [0.2, 0.25) is 4.34 Å². The number of benzene rings is 1. The Morgan fingerprint density at radius 2 is 1.88 bits per heavy atom. The van der Waals surface area contributed by atoms with Crippen LogP contribution in [-0.4, -0.2) is 5.11 Å². The van der Waals surface area contributed by atoms with Gasteiger partial charge in [-0.3, -0.25) is 0 Å². The van der Waals surface area contributed by atoms with Gasteiger partial charge in [0, 0.05) is 11.3 Å². The fourth-order valence-electron chi connectivity index (χ4n) is 1.56. The van der Waals surface area contributed by atoms with E-state index in [0.717, 1.165) is 14.8 Å². The molecule has 0 radical (unpaired) electrons. The highest BCUT2D eigenvalue weighted by Gasteiger charge is 2.10. The number of thiophene rings is 1. The number of halogens is 1. The second-order valence-electron chi connectivity index (χ2n) is 3.85. The summed E-state index contributed by atoms with van der Waals surface area (Å²) < 4.78 is 0.720. The second kappa shape index (κ2) is 5.00. The molecule has 0 saturated heterocycles. The van der Waals surface area contributed by atoms with E-state index in [1.165, 1.54) is 16.9 Å². The van der Waals surface area contributed by atoms with E-state index in [-0.39, 0.29) is 0 Å². The molecule has 1 nitrogen and oxygen atoms in total. The molecule has 2 rings (SSSR count). The van der Waals surface area contributed by atoms with Crippen molar-refractivity contribution >= 4 is 22.9 Å². The Labute approximate surface area is 104 Å². The van der Waals surface area contributed by atoms with Crippen LogP contribution in [0.1, 0.15) is 22.1 Å². The van der Waals surface area contributed by atoms with E-state index in [2.05, 4.69) is 19.1 Å². The lowest BCUT2D eigenvalue weighted by atomic mass is 10.1. The quantitative estimate of drug-likeness (QED) is 0.876. The Hall–Kier alpha value is -0.830. The zero-order valence-electron chi connectivity index (χ0n) is 8.98. The van der Waals surface area contributed by atoms with Gasteiger partial charge >= 0.3 is 0 Å². The van der Waals surface area contributed by atoms with Crippen LogP contribution in [0.25, 0.3) is 0 Å². The van der Waals surface area contributed by atoms with E-state index in [4.69, 9.17) is 11.6 Å². The minimum Gasteiger partial charge on any atom is -0.387 e. The van der Waals surface area contributed by atoms with Crippen LogP contribution in [-0.2, 0) is 6.42 Å². The monoisotopic (exact) mass is 252 g/mol. The van der Waals surface area contributed by atoms with Gasteiger partial charge in [-0.1, -0.05) is 41.4 Å². The van der Waals surface area contributed by atoms with E-state index in [1.807, 2.05) is 24.3 Å². The summed E-state index contributed by atoms with van der Waals surface area (Å²) in [7, 11) is 0. The van der Waals surface area contributed by atoms with Gasteiger partial charge in [0.1, 0.15) is 0 Å². The van der Waals surface area contributed by atoms with E-state index in [1.54, 1.807) is 0 Å². The molecule has 0 aliphatic rings.